The topological polar surface area (TPSA) is 143 Å². The lowest BCUT2D eigenvalue weighted by atomic mass is 10.00. The average molecular weight is 484 g/mol. The van der Waals surface area contributed by atoms with Crippen molar-refractivity contribution in [3.8, 4) is 22.6 Å². The van der Waals surface area contributed by atoms with Crippen LogP contribution in [0, 0.1) is 6.92 Å². The van der Waals surface area contributed by atoms with Crippen LogP contribution in [0.1, 0.15) is 43.4 Å². The van der Waals surface area contributed by atoms with E-state index in [0.29, 0.717) is 22.7 Å². The second kappa shape index (κ2) is 8.29. The van der Waals surface area contributed by atoms with Gasteiger partial charge < -0.3 is 20.0 Å². The molecule has 0 saturated heterocycles. The molecule has 0 bridgehead atoms. The fraction of sp³-hybridized carbons (Fsp3) is 0.280. The van der Waals surface area contributed by atoms with Crippen LogP contribution in [0.4, 0.5) is 11.6 Å². The van der Waals surface area contributed by atoms with Gasteiger partial charge >= 0.3 is 0 Å². The summed E-state index contributed by atoms with van der Waals surface area (Å²) in [5.74, 6) is 1.33. The summed E-state index contributed by atoms with van der Waals surface area (Å²) in [5, 5.41) is 17.3. The SMILES string of the molecule is Cc1nnc(-c2c(N)ncnc2NC(C)c2cc3cccc(-c4cnn(C)c4)c3c(=O)n2C2CC2)o1. The molecule has 0 amide bonds. The van der Waals surface area contributed by atoms with E-state index in [0.717, 1.165) is 35.0 Å². The number of nitrogens with zero attached hydrogens (tertiary/aromatic N) is 7. The van der Waals surface area contributed by atoms with E-state index in [9.17, 15) is 4.79 Å². The normalized spacial score (nSPS) is 14.3. The van der Waals surface area contributed by atoms with E-state index in [2.05, 4.69) is 36.6 Å². The van der Waals surface area contributed by atoms with Crippen LogP contribution < -0.4 is 16.6 Å². The Bertz CT molecular complexity index is 1660. The smallest absolute Gasteiger partial charge is 0.259 e. The van der Waals surface area contributed by atoms with Crippen LogP contribution in [-0.4, -0.2) is 34.5 Å². The van der Waals surface area contributed by atoms with Gasteiger partial charge in [0.05, 0.1) is 17.6 Å². The van der Waals surface area contributed by atoms with Crippen molar-refractivity contribution in [1.29, 1.82) is 0 Å². The Morgan fingerprint density at radius 3 is 2.75 bits per heavy atom. The van der Waals surface area contributed by atoms with Crippen molar-refractivity contribution < 1.29 is 4.42 Å². The lowest BCUT2D eigenvalue weighted by Gasteiger charge is -2.22. The fourth-order valence-electron chi connectivity index (χ4n) is 4.64. The Hall–Kier alpha value is -4.54. The molecule has 6 rings (SSSR count). The second-order valence-electron chi connectivity index (χ2n) is 9.12. The lowest BCUT2D eigenvalue weighted by molar-refractivity contribution is 0.532. The third-order valence-corrected chi connectivity index (χ3v) is 6.45. The molecule has 1 aliphatic carbocycles. The molecule has 36 heavy (non-hydrogen) atoms. The number of hydrogen-bond acceptors (Lipinski definition) is 9. The van der Waals surface area contributed by atoms with Crippen molar-refractivity contribution in [2.24, 2.45) is 7.05 Å². The molecule has 1 unspecified atom stereocenters. The zero-order chi connectivity index (χ0) is 25.0. The van der Waals surface area contributed by atoms with Crippen LogP contribution >= 0.6 is 0 Å². The van der Waals surface area contributed by atoms with Gasteiger partial charge in [-0.05, 0) is 36.8 Å². The highest BCUT2D eigenvalue weighted by atomic mass is 16.4. The predicted octanol–water partition coefficient (Wildman–Crippen LogP) is 3.64. The summed E-state index contributed by atoms with van der Waals surface area (Å²) in [6.45, 7) is 3.70. The molecule has 1 aliphatic rings. The van der Waals surface area contributed by atoms with Gasteiger partial charge in [0, 0.05) is 37.5 Å². The van der Waals surface area contributed by atoms with E-state index in [1.807, 2.05) is 42.9 Å². The highest BCUT2D eigenvalue weighted by Crippen LogP contribution is 2.39. The molecule has 0 radical (unpaired) electrons. The Labute approximate surface area is 206 Å². The quantitative estimate of drug-likeness (QED) is 0.370. The first-order valence-electron chi connectivity index (χ1n) is 11.8. The molecule has 182 valence electrons. The number of nitrogens with one attached hydrogen (secondary N) is 1. The van der Waals surface area contributed by atoms with Gasteiger partial charge in [0.2, 0.25) is 5.89 Å². The largest absolute Gasteiger partial charge is 0.421 e. The Kier molecular flexibility index (Phi) is 5.06. The Morgan fingerprint density at radius 1 is 1.22 bits per heavy atom. The average Bonchev–Trinajstić information content (AvgIpc) is 3.45. The van der Waals surface area contributed by atoms with Gasteiger partial charge in [-0.1, -0.05) is 18.2 Å². The van der Waals surface area contributed by atoms with Gasteiger partial charge in [-0.3, -0.25) is 9.48 Å². The van der Waals surface area contributed by atoms with Crippen molar-refractivity contribution in [1.82, 2.24) is 34.5 Å². The van der Waals surface area contributed by atoms with Crippen LogP contribution in [0.2, 0.25) is 0 Å². The second-order valence-corrected chi connectivity index (χ2v) is 9.12. The minimum atomic E-state index is -0.276. The van der Waals surface area contributed by atoms with E-state index in [1.54, 1.807) is 17.8 Å². The molecule has 3 N–H and O–H groups in total. The van der Waals surface area contributed by atoms with E-state index in [-0.39, 0.29) is 29.4 Å². The number of nitrogen functional groups attached to an aromatic ring is 1. The van der Waals surface area contributed by atoms with Gasteiger partial charge in [0.25, 0.3) is 11.4 Å². The standard InChI is InChI=1S/C25H25N9O2/c1-13(30-23-21(22(26)27-12-28-23)24-32-31-14(2)36-24)19-9-15-5-4-6-18(16-10-29-33(3)11-16)20(15)25(35)34(19)17-7-8-17/h4-6,9-13,17H,7-8H2,1-3H3,(H3,26,27,28,30). The first-order chi connectivity index (χ1) is 17.4. The van der Waals surface area contributed by atoms with Gasteiger partial charge in [-0.2, -0.15) is 5.10 Å². The number of nitrogens with two attached hydrogens (primary N) is 1. The first-order valence-corrected chi connectivity index (χ1v) is 11.8. The minimum Gasteiger partial charge on any atom is -0.421 e. The summed E-state index contributed by atoms with van der Waals surface area (Å²) >= 11 is 0. The minimum absolute atomic E-state index is 0.00643. The molecule has 5 aromatic rings. The first kappa shape index (κ1) is 22.0. The lowest BCUT2D eigenvalue weighted by Crippen LogP contribution is -2.26. The number of aromatic nitrogens is 7. The number of anilines is 2. The zero-order valence-electron chi connectivity index (χ0n) is 20.1. The van der Waals surface area contributed by atoms with Gasteiger partial charge in [0.1, 0.15) is 23.5 Å². The van der Waals surface area contributed by atoms with Crippen molar-refractivity contribution in [3.05, 3.63) is 64.9 Å². The number of fused-ring (bicyclic) bond motifs is 1. The van der Waals surface area contributed by atoms with E-state index < -0.39 is 0 Å². The van der Waals surface area contributed by atoms with Gasteiger partial charge in [-0.25, -0.2) is 9.97 Å². The molecular weight excluding hydrogens is 458 g/mol. The molecule has 1 saturated carbocycles. The Balaban J connectivity index is 1.47. The van der Waals surface area contributed by atoms with Crippen molar-refractivity contribution in [2.75, 3.05) is 11.1 Å². The number of pyridine rings is 1. The number of hydrogen-bond donors (Lipinski definition) is 2. The maximum atomic E-state index is 14.0. The summed E-state index contributed by atoms with van der Waals surface area (Å²) in [6, 6.07) is 7.88. The molecule has 4 heterocycles. The highest BCUT2D eigenvalue weighted by Gasteiger charge is 2.30. The molecule has 1 aromatic carbocycles. The van der Waals surface area contributed by atoms with Crippen LogP contribution in [0.3, 0.4) is 0 Å². The summed E-state index contributed by atoms with van der Waals surface area (Å²) in [6.07, 6.45) is 7.02. The number of rotatable bonds is 6. The van der Waals surface area contributed by atoms with Crippen molar-refractivity contribution in [3.63, 3.8) is 0 Å². The van der Waals surface area contributed by atoms with Crippen molar-refractivity contribution >= 4 is 22.4 Å². The maximum absolute atomic E-state index is 14.0. The number of aryl methyl sites for hydroxylation is 2. The third kappa shape index (κ3) is 3.69. The number of benzene rings is 1. The molecule has 1 fully saturated rings. The summed E-state index contributed by atoms with van der Waals surface area (Å²) in [7, 11) is 1.87. The van der Waals surface area contributed by atoms with Crippen LogP contribution in [0.5, 0.6) is 0 Å². The molecule has 1 atom stereocenters. The highest BCUT2D eigenvalue weighted by molar-refractivity contribution is 5.96. The summed E-state index contributed by atoms with van der Waals surface area (Å²) in [5.41, 5.74) is 9.24. The predicted molar refractivity (Wildman–Crippen MR) is 135 cm³/mol. The van der Waals surface area contributed by atoms with Crippen molar-refractivity contribution in [2.45, 2.75) is 38.8 Å². The molecule has 11 heteroatoms. The molecule has 0 aliphatic heterocycles. The molecular formula is C25H25N9O2. The van der Waals surface area contributed by atoms with E-state index in [4.69, 9.17) is 10.2 Å². The van der Waals surface area contributed by atoms with E-state index >= 15 is 0 Å². The van der Waals surface area contributed by atoms with Crippen LogP contribution in [-0.2, 0) is 7.05 Å². The monoisotopic (exact) mass is 483 g/mol. The summed E-state index contributed by atoms with van der Waals surface area (Å²) in [4.78, 5) is 22.5. The molecule has 4 aromatic heterocycles. The fourth-order valence-corrected chi connectivity index (χ4v) is 4.64. The maximum Gasteiger partial charge on any atom is 0.259 e. The zero-order valence-corrected chi connectivity index (χ0v) is 20.1. The Morgan fingerprint density at radius 2 is 2.06 bits per heavy atom. The van der Waals surface area contributed by atoms with Gasteiger partial charge in [-0.15, -0.1) is 10.2 Å². The molecule has 11 nitrogen and oxygen atoms in total. The summed E-state index contributed by atoms with van der Waals surface area (Å²) < 4.78 is 9.26. The van der Waals surface area contributed by atoms with Crippen LogP contribution in [0.25, 0.3) is 33.4 Å². The third-order valence-electron chi connectivity index (χ3n) is 6.45. The van der Waals surface area contributed by atoms with Gasteiger partial charge in [0.15, 0.2) is 0 Å². The van der Waals surface area contributed by atoms with Crippen LogP contribution in [0.15, 0.2) is 52.2 Å². The molecule has 0 spiro atoms. The van der Waals surface area contributed by atoms with E-state index in [1.165, 1.54) is 6.33 Å².